The molecule has 0 aliphatic rings. The molecule has 6 heteroatoms. The first kappa shape index (κ1) is 28.4. The molecule has 0 atom stereocenters. The second-order valence-corrected chi connectivity index (χ2v) is 16.7. The summed E-state index contributed by atoms with van der Waals surface area (Å²) < 4.78 is 35.3. The molecule has 0 saturated carbocycles. The van der Waals surface area contributed by atoms with Gasteiger partial charge in [-0.3, -0.25) is 0 Å². The molecule has 4 rings (SSSR count). The molecule has 0 radical (unpaired) electrons. The van der Waals surface area contributed by atoms with Gasteiger partial charge < -0.3 is 4.43 Å². The minimum atomic E-state index is -3.85. The van der Waals surface area contributed by atoms with Gasteiger partial charge in [-0.1, -0.05) is 135 Å². The van der Waals surface area contributed by atoms with Crippen molar-refractivity contribution in [3.63, 3.8) is 0 Å². The lowest BCUT2D eigenvalue weighted by Crippen LogP contribution is -2.66. The molecule has 0 bridgehead atoms. The Kier molecular flexibility index (Phi) is 8.76. The van der Waals surface area contributed by atoms with Crippen LogP contribution in [0.1, 0.15) is 31.9 Å². The zero-order chi connectivity index (χ0) is 27.9. The summed E-state index contributed by atoms with van der Waals surface area (Å²) in [6, 6.07) is 40.0. The van der Waals surface area contributed by atoms with Crippen molar-refractivity contribution in [1.82, 2.24) is 4.31 Å². The number of sulfonamides is 1. The lowest BCUT2D eigenvalue weighted by Gasteiger charge is -2.42. The van der Waals surface area contributed by atoms with E-state index < -0.39 is 18.3 Å². The summed E-state index contributed by atoms with van der Waals surface area (Å²) in [5, 5.41) is 2.10. The monoisotopic (exact) mass is 553 g/mol. The number of rotatable bonds is 8. The Hall–Kier alpha value is -3.63. The fourth-order valence-corrected chi connectivity index (χ4v) is 10.5. The van der Waals surface area contributed by atoms with Crippen LogP contribution in [-0.4, -0.2) is 27.6 Å². The highest BCUT2D eigenvalue weighted by Gasteiger charge is 2.50. The van der Waals surface area contributed by atoms with Gasteiger partial charge in [0, 0.05) is 6.04 Å². The van der Waals surface area contributed by atoms with Crippen LogP contribution < -0.4 is 10.4 Å². The fourth-order valence-electron chi connectivity index (χ4n) is 4.80. The number of benzene rings is 4. The van der Waals surface area contributed by atoms with E-state index in [2.05, 4.69) is 57.0 Å². The second kappa shape index (κ2) is 12.0. The second-order valence-electron chi connectivity index (χ2n) is 10.6. The zero-order valence-electron chi connectivity index (χ0n) is 23.0. The Balaban J connectivity index is 1.71. The van der Waals surface area contributed by atoms with E-state index in [0.29, 0.717) is 0 Å². The molecule has 0 aliphatic carbocycles. The van der Waals surface area contributed by atoms with Gasteiger partial charge in [0.05, 0.1) is 18.0 Å². The topological polar surface area (TPSA) is 46.6 Å². The molecule has 0 amide bonds. The third-order valence-corrected chi connectivity index (χ3v) is 13.4. The maximum absolute atomic E-state index is 13.6. The Morgan fingerprint density at radius 3 is 1.72 bits per heavy atom. The molecule has 4 aromatic carbocycles. The largest absolute Gasteiger partial charge is 0.396 e. The highest BCUT2D eigenvalue weighted by Crippen LogP contribution is 2.36. The van der Waals surface area contributed by atoms with Gasteiger partial charge in [-0.05, 0) is 40.0 Å². The number of hydrogen-bond donors (Lipinski definition) is 0. The van der Waals surface area contributed by atoms with E-state index in [4.69, 9.17) is 4.43 Å². The van der Waals surface area contributed by atoms with Crippen LogP contribution in [0.2, 0.25) is 5.04 Å². The average Bonchev–Trinajstić information content (AvgIpc) is 2.93. The van der Waals surface area contributed by atoms with Crippen molar-refractivity contribution in [1.29, 1.82) is 0 Å². The van der Waals surface area contributed by atoms with Crippen LogP contribution in [0.5, 0.6) is 0 Å². The quantitative estimate of drug-likeness (QED) is 0.159. The molecule has 0 spiro atoms. The Labute approximate surface area is 234 Å². The molecule has 39 heavy (non-hydrogen) atoms. The van der Waals surface area contributed by atoms with E-state index in [1.54, 1.807) is 24.3 Å². The van der Waals surface area contributed by atoms with Gasteiger partial charge in [0.2, 0.25) is 0 Å². The van der Waals surface area contributed by atoms with Crippen LogP contribution >= 0.6 is 0 Å². The molecule has 0 aromatic heterocycles. The normalized spacial score (nSPS) is 11.9. The molecule has 200 valence electrons. The smallest absolute Gasteiger partial charge is 0.271 e. The van der Waals surface area contributed by atoms with Crippen LogP contribution in [0.4, 0.5) is 0 Å². The molecule has 0 N–H and O–H groups in total. The minimum Gasteiger partial charge on any atom is -0.396 e. The van der Waals surface area contributed by atoms with Crippen molar-refractivity contribution in [2.75, 3.05) is 6.61 Å². The Morgan fingerprint density at radius 1 is 0.744 bits per heavy atom. The summed E-state index contributed by atoms with van der Waals surface area (Å²) >= 11 is 0. The number of nitrogens with zero attached hydrogens (tertiary/aromatic N) is 1. The van der Waals surface area contributed by atoms with Crippen molar-refractivity contribution in [3.05, 3.63) is 126 Å². The zero-order valence-corrected chi connectivity index (χ0v) is 24.8. The SMILES string of the molecule is Cc1ccc(S(=O)(=O)N(C#CCO[Si](c2ccccc2)(c2ccccc2)C(C)(C)C)Cc2ccccc2)cc1. The summed E-state index contributed by atoms with van der Waals surface area (Å²) in [5.41, 5.74) is 1.85. The first-order chi connectivity index (χ1) is 18.6. The lowest BCUT2D eigenvalue weighted by atomic mass is 10.2. The number of aryl methyl sites for hydroxylation is 1. The third kappa shape index (κ3) is 6.34. The van der Waals surface area contributed by atoms with Gasteiger partial charge in [0.15, 0.2) is 0 Å². The summed E-state index contributed by atoms with van der Waals surface area (Å²) in [6.45, 7) is 8.79. The van der Waals surface area contributed by atoms with E-state index in [0.717, 1.165) is 21.5 Å². The van der Waals surface area contributed by atoms with E-state index in [1.165, 1.54) is 4.31 Å². The van der Waals surface area contributed by atoms with Crippen LogP contribution in [0.3, 0.4) is 0 Å². The van der Waals surface area contributed by atoms with Crippen molar-refractivity contribution >= 4 is 28.7 Å². The standard InChI is InChI=1S/C33H35NO3SSi/c1-28-21-23-30(24-22-28)38(35,36)34(27-29-15-8-5-9-16-29)25-14-26-37-39(33(2,3)4,31-17-10-6-11-18-31)32-19-12-7-13-20-32/h5-13,15-24H,26-27H2,1-4H3. The first-order valence-electron chi connectivity index (χ1n) is 13.0. The summed E-state index contributed by atoms with van der Waals surface area (Å²) in [6.07, 6.45) is 0. The first-order valence-corrected chi connectivity index (χ1v) is 16.4. The molecular weight excluding hydrogens is 519 g/mol. The van der Waals surface area contributed by atoms with Gasteiger partial charge >= 0.3 is 0 Å². The van der Waals surface area contributed by atoms with Crippen LogP contribution in [0.15, 0.2) is 120 Å². The maximum Gasteiger partial charge on any atom is 0.271 e. The van der Waals surface area contributed by atoms with Crippen molar-refractivity contribution in [3.8, 4) is 12.0 Å². The van der Waals surface area contributed by atoms with Crippen LogP contribution in [0.25, 0.3) is 0 Å². The molecule has 0 heterocycles. The number of hydrogen-bond acceptors (Lipinski definition) is 3. The van der Waals surface area contributed by atoms with Crippen molar-refractivity contribution in [2.45, 2.75) is 44.2 Å². The Morgan fingerprint density at radius 2 is 1.23 bits per heavy atom. The van der Waals surface area contributed by atoms with Crippen LogP contribution in [-0.2, 0) is 21.0 Å². The predicted octanol–water partition coefficient (Wildman–Crippen LogP) is 5.72. The fraction of sp³-hybridized carbons (Fsp3) is 0.212. The maximum atomic E-state index is 13.6. The van der Waals surface area contributed by atoms with Gasteiger partial charge in [0.25, 0.3) is 18.3 Å². The van der Waals surface area contributed by atoms with Crippen molar-refractivity contribution < 1.29 is 12.8 Å². The van der Waals surface area contributed by atoms with Crippen molar-refractivity contribution in [2.24, 2.45) is 0 Å². The Bertz CT molecular complexity index is 1480. The van der Waals surface area contributed by atoms with Gasteiger partial charge in [-0.15, -0.1) is 0 Å². The van der Waals surface area contributed by atoms with E-state index >= 15 is 0 Å². The van der Waals surface area contributed by atoms with Gasteiger partial charge in [-0.25, -0.2) is 12.7 Å². The summed E-state index contributed by atoms with van der Waals surface area (Å²) in [4.78, 5) is 0.214. The highest BCUT2D eigenvalue weighted by atomic mass is 32.2. The molecule has 0 saturated heterocycles. The molecule has 4 aromatic rings. The molecule has 0 unspecified atom stereocenters. The summed E-state index contributed by atoms with van der Waals surface area (Å²) in [7, 11) is -6.63. The van der Waals surface area contributed by atoms with Gasteiger partial charge in [-0.2, -0.15) is 0 Å². The predicted molar refractivity (Wildman–Crippen MR) is 162 cm³/mol. The van der Waals surface area contributed by atoms with E-state index in [9.17, 15) is 8.42 Å². The van der Waals surface area contributed by atoms with Gasteiger partial charge in [0.1, 0.15) is 0 Å². The molecule has 0 aliphatic heterocycles. The third-order valence-electron chi connectivity index (χ3n) is 6.76. The van der Waals surface area contributed by atoms with Crippen LogP contribution in [0, 0.1) is 18.9 Å². The van der Waals surface area contributed by atoms with E-state index in [-0.39, 0.29) is 23.1 Å². The van der Waals surface area contributed by atoms with E-state index in [1.807, 2.05) is 73.7 Å². The minimum absolute atomic E-state index is 0.0992. The average molecular weight is 554 g/mol. The summed E-state index contributed by atoms with van der Waals surface area (Å²) in [5.74, 6) is 3.07. The lowest BCUT2D eigenvalue weighted by molar-refractivity contribution is 0.345. The molecule has 4 nitrogen and oxygen atoms in total. The molecule has 0 fully saturated rings. The highest BCUT2D eigenvalue weighted by molar-refractivity contribution is 7.89. The molecular formula is C33H35NO3SSi.